The quantitative estimate of drug-likeness (QED) is 0.845. The number of nitrogens with zero attached hydrogens (tertiary/aromatic N) is 1. The Balaban J connectivity index is 1.95. The summed E-state index contributed by atoms with van der Waals surface area (Å²) in [4.78, 5) is 24.8. The molecule has 0 spiro atoms. The SMILES string of the molecule is CC(=O)N1CCOC(C(=O)Nc2ccccc2)C1. The molecule has 0 radical (unpaired) electrons. The zero-order valence-corrected chi connectivity index (χ0v) is 10.3. The number of carbonyl (C=O) groups is 2. The zero-order chi connectivity index (χ0) is 13.0. The first-order valence-corrected chi connectivity index (χ1v) is 5.90. The molecule has 2 amide bonds. The fourth-order valence-electron chi connectivity index (χ4n) is 1.84. The summed E-state index contributed by atoms with van der Waals surface area (Å²) in [6.45, 7) is 2.75. The lowest BCUT2D eigenvalue weighted by atomic mass is 10.2. The van der Waals surface area contributed by atoms with Gasteiger partial charge in [0.15, 0.2) is 6.10 Å². The number of para-hydroxylation sites is 1. The number of anilines is 1. The Morgan fingerprint density at radius 1 is 1.33 bits per heavy atom. The van der Waals surface area contributed by atoms with Gasteiger partial charge in [0.1, 0.15) is 0 Å². The van der Waals surface area contributed by atoms with Crippen molar-refractivity contribution in [1.29, 1.82) is 0 Å². The highest BCUT2D eigenvalue weighted by molar-refractivity contribution is 5.94. The van der Waals surface area contributed by atoms with Crippen LogP contribution in [0.4, 0.5) is 5.69 Å². The van der Waals surface area contributed by atoms with Crippen LogP contribution in [0.3, 0.4) is 0 Å². The van der Waals surface area contributed by atoms with Crippen molar-refractivity contribution < 1.29 is 14.3 Å². The van der Waals surface area contributed by atoms with Gasteiger partial charge in [-0.3, -0.25) is 9.59 Å². The van der Waals surface area contributed by atoms with Crippen LogP contribution >= 0.6 is 0 Å². The maximum atomic E-state index is 12.0. The van der Waals surface area contributed by atoms with Gasteiger partial charge in [-0.1, -0.05) is 18.2 Å². The van der Waals surface area contributed by atoms with Crippen LogP contribution in [0.25, 0.3) is 0 Å². The zero-order valence-electron chi connectivity index (χ0n) is 10.3. The minimum absolute atomic E-state index is 0.0317. The molecular formula is C13H16N2O3. The van der Waals surface area contributed by atoms with E-state index < -0.39 is 6.10 Å². The van der Waals surface area contributed by atoms with E-state index in [1.54, 1.807) is 4.90 Å². The van der Waals surface area contributed by atoms with E-state index in [-0.39, 0.29) is 11.8 Å². The van der Waals surface area contributed by atoms with Crippen LogP contribution in [0.5, 0.6) is 0 Å². The highest BCUT2D eigenvalue weighted by Gasteiger charge is 2.27. The average Bonchev–Trinajstić information content (AvgIpc) is 2.40. The average molecular weight is 248 g/mol. The van der Waals surface area contributed by atoms with Gasteiger partial charge in [0.05, 0.1) is 13.2 Å². The first kappa shape index (κ1) is 12.6. The van der Waals surface area contributed by atoms with Gasteiger partial charge in [-0.05, 0) is 12.1 Å². The number of benzene rings is 1. The van der Waals surface area contributed by atoms with E-state index in [2.05, 4.69) is 5.32 Å². The van der Waals surface area contributed by atoms with Gasteiger partial charge in [0.25, 0.3) is 5.91 Å². The van der Waals surface area contributed by atoms with Crippen molar-refractivity contribution in [2.75, 3.05) is 25.0 Å². The van der Waals surface area contributed by atoms with Crippen LogP contribution in [0, 0.1) is 0 Å². The normalized spacial score (nSPS) is 19.4. The maximum Gasteiger partial charge on any atom is 0.255 e. The van der Waals surface area contributed by atoms with Gasteiger partial charge in [-0.2, -0.15) is 0 Å². The summed E-state index contributed by atoms with van der Waals surface area (Å²) in [6.07, 6.45) is -0.595. The van der Waals surface area contributed by atoms with Crippen molar-refractivity contribution in [3.8, 4) is 0 Å². The molecule has 1 atom stereocenters. The van der Waals surface area contributed by atoms with E-state index in [1.807, 2.05) is 30.3 Å². The Hall–Kier alpha value is -1.88. The van der Waals surface area contributed by atoms with Crippen molar-refractivity contribution in [2.45, 2.75) is 13.0 Å². The molecule has 1 N–H and O–H groups in total. The molecule has 5 heteroatoms. The summed E-state index contributed by atoms with van der Waals surface area (Å²) < 4.78 is 5.39. The second-order valence-corrected chi connectivity index (χ2v) is 4.18. The van der Waals surface area contributed by atoms with Gasteiger partial charge in [0, 0.05) is 19.2 Å². The smallest absolute Gasteiger partial charge is 0.255 e. The predicted octanol–water partition coefficient (Wildman–Crippen LogP) is 0.872. The molecule has 1 aromatic rings. The highest BCUT2D eigenvalue weighted by Crippen LogP contribution is 2.10. The Labute approximate surface area is 106 Å². The molecule has 5 nitrogen and oxygen atoms in total. The molecule has 1 unspecified atom stereocenters. The lowest BCUT2D eigenvalue weighted by molar-refractivity contribution is -0.143. The molecule has 1 aliphatic heterocycles. The van der Waals surface area contributed by atoms with Crippen LogP contribution < -0.4 is 5.32 Å². The molecular weight excluding hydrogens is 232 g/mol. The monoisotopic (exact) mass is 248 g/mol. The van der Waals surface area contributed by atoms with E-state index in [4.69, 9.17) is 4.74 Å². The van der Waals surface area contributed by atoms with Crippen LogP contribution in [0.2, 0.25) is 0 Å². The number of ether oxygens (including phenoxy) is 1. The molecule has 18 heavy (non-hydrogen) atoms. The lowest BCUT2D eigenvalue weighted by Crippen LogP contribution is -2.49. The molecule has 1 fully saturated rings. The Morgan fingerprint density at radius 3 is 2.72 bits per heavy atom. The molecule has 0 saturated carbocycles. The first-order chi connectivity index (χ1) is 8.66. The molecule has 2 rings (SSSR count). The summed E-state index contributed by atoms with van der Waals surface area (Å²) in [5, 5.41) is 2.77. The van der Waals surface area contributed by atoms with Crippen LogP contribution in [-0.4, -0.2) is 42.5 Å². The number of morpholine rings is 1. The molecule has 1 aromatic carbocycles. The van der Waals surface area contributed by atoms with Crippen molar-refractivity contribution >= 4 is 17.5 Å². The predicted molar refractivity (Wildman–Crippen MR) is 67.1 cm³/mol. The number of amides is 2. The fourth-order valence-corrected chi connectivity index (χ4v) is 1.84. The minimum Gasteiger partial charge on any atom is -0.365 e. The van der Waals surface area contributed by atoms with Crippen LogP contribution in [0.15, 0.2) is 30.3 Å². The molecule has 1 heterocycles. The standard InChI is InChI=1S/C13H16N2O3/c1-10(16)15-7-8-18-12(9-15)13(17)14-11-5-3-2-4-6-11/h2-6,12H,7-9H2,1H3,(H,14,17). The molecule has 1 aliphatic rings. The summed E-state index contributed by atoms with van der Waals surface area (Å²) >= 11 is 0. The van der Waals surface area contributed by atoms with Crippen molar-refractivity contribution in [2.24, 2.45) is 0 Å². The van der Waals surface area contributed by atoms with Gasteiger partial charge in [-0.25, -0.2) is 0 Å². The number of hydrogen-bond donors (Lipinski definition) is 1. The number of nitrogens with one attached hydrogen (secondary N) is 1. The minimum atomic E-state index is -0.595. The molecule has 0 bridgehead atoms. The lowest BCUT2D eigenvalue weighted by Gasteiger charge is -2.31. The topological polar surface area (TPSA) is 58.6 Å². The van der Waals surface area contributed by atoms with Crippen molar-refractivity contribution in [1.82, 2.24) is 4.90 Å². The highest BCUT2D eigenvalue weighted by atomic mass is 16.5. The van der Waals surface area contributed by atoms with Gasteiger partial charge in [0.2, 0.25) is 5.91 Å². The van der Waals surface area contributed by atoms with Crippen LogP contribution in [0.1, 0.15) is 6.92 Å². The van der Waals surface area contributed by atoms with Crippen molar-refractivity contribution in [3.63, 3.8) is 0 Å². The second kappa shape index (κ2) is 5.64. The van der Waals surface area contributed by atoms with E-state index in [0.29, 0.717) is 19.7 Å². The fraction of sp³-hybridized carbons (Fsp3) is 0.385. The van der Waals surface area contributed by atoms with Gasteiger partial charge in [-0.15, -0.1) is 0 Å². The first-order valence-electron chi connectivity index (χ1n) is 5.90. The largest absolute Gasteiger partial charge is 0.365 e. The molecule has 0 aromatic heterocycles. The molecule has 0 aliphatic carbocycles. The Kier molecular flexibility index (Phi) is 3.94. The third-order valence-electron chi connectivity index (χ3n) is 2.85. The summed E-state index contributed by atoms with van der Waals surface area (Å²) in [5.74, 6) is -0.247. The van der Waals surface area contributed by atoms with Gasteiger partial charge >= 0.3 is 0 Å². The van der Waals surface area contributed by atoms with Gasteiger partial charge < -0.3 is 15.0 Å². The van der Waals surface area contributed by atoms with E-state index in [0.717, 1.165) is 5.69 Å². The summed E-state index contributed by atoms with van der Waals surface area (Å²) in [6, 6.07) is 9.19. The van der Waals surface area contributed by atoms with E-state index in [9.17, 15) is 9.59 Å². The second-order valence-electron chi connectivity index (χ2n) is 4.18. The number of hydrogen-bond acceptors (Lipinski definition) is 3. The Bertz CT molecular complexity index is 433. The maximum absolute atomic E-state index is 12.0. The molecule has 1 saturated heterocycles. The third-order valence-corrected chi connectivity index (χ3v) is 2.85. The van der Waals surface area contributed by atoms with E-state index >= 15 is 0 Å². The third kappa shape index (κ3) is 3.07. The number of carbonyl (C=O) groups excluding carboxylic acids is 2. The van der Waals surface area contributed by atoms with Crippen molar-refractivity contribution in [3.05, 3.63) is 30.3 Å². The Morgan fingerprint density at radius 2 is 2.06 bits per heavy atom. The number of rotatable bonds is 2. The summed E-state index contributed by atoms with van der Waals surface area (Å²) in [5.41, 5.74) is 0.728. The summed E-state index contributed by atoms with van der Waals surface area (Å²) in [7, 11) is 0. The molecule has 96 valence electrons. The van der Waals surface area contributed by atoms with E-state index in [1.165, 1.54) is 6.92 Å². The van der Waals surface area contributed by atoms with Crippen LogP contribution in [-0.2, 0) is 14.3 Å².